The topological polar surface area (TPSA) is 33.0 Å². The minimum absolute atomic E-state index is 0.0200. The van der Waals surface area contributed by atoms with Gasteiger partial charge >= 0.3 is 6.61 Å². The monoisotopic (exact) mass is 183 g/mol. The van der Waals surface area contributed by atoms with Gasteiger partial charge in [0.25, 0.3) is 0 Å². The Bertz CT molecular complexity index is 344. The number of nitriles is 1. The van der Waals surface area contributed by atoms with Gasteiger partial charge in [-0.2, -0.15) is 14.0 Å². The molecule has 0 spiro atoms. The van der Waals surface area contributed by atoms with Crippen molar-refractivity contribution in [3.05, 3.63) is 29.3 Å². The number of hydrogen-bond acceptors (Lipinski definition) is 2. The molecule has 0 aliphatic heterocycles. The van der Waals surface area contributed by atoms with E-state index in [0.29, 0.717) is 5.56 Å². The lowest BCUT2D eigenvalue weighted by molar-refractivity contribution is -0.0498. The van der Waals surface area contributed by atoms with Crippen molar-refractivity contribution in [3.8, 4) is 11.8 Å². The third kappa shape index (κ3) is 2.71. The molecule has 0 saturated carbocycles. The third-order valence-corrected chi connectivity index (χ3v) is 1.41. The third-order valence-electron chi connectivity index (χ3n) is 1.41. The second kappa shape index (κ2) is 3.85. The predicted molar refractivity (Wildman–Crippen MR) is 42.5 cm³/mol. The maximum absolute atomic E-state index is 11.8. The van der Waals surface area contributed by atoms with Gasteiger partial charge in [-0.05, 0) is 30.7 Å². The Morgan fingerprint density at radius 2 is 2.08 bits per heavy atom. The average Bonchev–Trinajstić information content (AvgIpc) is 2.01. The quantitative estimate of drug-likeness (QED) is 0.705. The molecule has 0 aliphatic rings. The van der Waals surface area contributed by atoms with E-state index in [2.05, 4.69) is 4.74 Å². The summed E-state index contributed by atoms with van der Waals surface area (Å²) in [6, 6.07) is 6.18. The van der Waals surface area contributed by atoms with Crippen LogP contribution in [0.5, 0.6) is 5.75 Å². The number of halogens is 2. The fourth-order valence-corrected chi connectivity index (χ4v) is 0.983. The van der Waals surface area contributed by atoms with Gasteiger partial charge in [-0.25, -0.2) is 0 Å². The van der Waals surface area contributed by atoms with Crippen molar-refractivity contribution in [2.45, 2.75) is 13.5 Å². The zero-order valence-corrected chi connectivity index (χ0v) is 6.92. The van der Waals surface area contributed by atoms with Crippen molar-refractivity contribution in [1.29, 1.82) is 5.26 Å². The van der Waals surface area contributed by atoms with E-state index < -0.39 is 6.61 Å². The number of rotatable bonds is 2. The van der Waals surface area contributed by atoms with E-state index in [-0.39, 0.29) is 5.75 Å². The van der Waals surface area contributed by atoms with E-state index in [9.17, 15) is 8.78 Å². The van der Waals surface area contributed by atoms with E-state index in [1.807, 2.05) is 6.07 Å². The van der Waals surface area contributed by atoms with Gasteiger partial charge < -0.3 is 4.74 Å². The lowest BCUT2D eigenvalue weighted by atomic mass is 10.1. The number of benzene rings is 1. The highest BCUT2D eigenvalue weighted by atomic mass is 19.3. The molecule has 0 aliphatic carbocycles. The molecule has 1 aromatic rings. The molecule has 0 unspecified atom stereocenters. The normalized spacial score (nSPS) is 9.77. The summed E-state index contributed by atoms with van der Waals surface area (Å²) in [6.45, 7) is -1.15. The first-order valence-corrected chi connectivity index (χ1v) is 3.58. The number of nitrogens with zero attached hydrogens (tertiary/aromatic N) is 1. The molecule has 0 atom stereocenters. The van der Waals surface area contributed by atoms with Gasteiger partial charge in [-0.3, -0.25) is 0 Å². The largest absolute Gasteiger partial charge is 0.435 e. The molecule has 0 bridgehead atoms. The summed E-state index contributed by atoms with van der Waals surface area (Å²) in [5, 5.41) is 8.53. The zero-order valence-electron chi connectivity index (χ0n) is 6.92. The Balaban J connectivity index is 2.96. The molecule has 68 valence electrons. The molecule has 1 rings (SSSR count). The van der Waals surface area contributed by atoms with E-state index in [1.54, 1.807) is 13.0 Å². The molecule has 0 aromatic heterocycles. The van der Waals surface area contributed by atoms with Crippen molar-refractivity contribution >= 4 is 0 Å². The maximum Gasteiger partial charge on any atom is 0.387 e. The van der Waals surface area contributed by atoms with Crippen LogP contribution in [0.3, 0.4) is 0 Å². The van der Waals surface area contributed by atoms with Crippen molar-refractivity contribution in [2.75, 3.05) is 0 Å². The van der Waals surface area contributed by atoms with E-state index >= 15 is 0 Å². The first kappa shape index (κ1) is 9.46. The highest BCUT2D eigenvalue weighted by Gasteiger charge is 2.05. The first-order chi connectivity index (χ1) is 6.11. The minimum Gasteiger partial charge on any atom is -0.435 e. The molecule has 4 heteroatoms. The van der Waals surface area contributed by atoms with Crippen LogP contribution in [0.4, 0.5) is 8.78 Å². The molecule has 13 heavy (non-hydrogen) atoms. The lowest BCUT2D eigenvalue weighted by Gasteiger charge is -2.05. The second-order valence-corrected chi connectivity index (χ2v) is 2.53. The lowest BCUT2D eigenvalue weighted by Crippen LogP contribution is -2.02. The van der Waals surface area contributed by atoms with Crippen molar-refractivity contribution in [2.24, 2.45) is 0 Å². The molecular formula is C9H7F2NO. The van der Waals surface area contributed by atoms with Gasteiger partial charge in [-0.15, -0.1) is 0 Å². The highest BCUT2D eigenvalue weighted by Crippen LogP contribution is 2.18. The van der Waals surface area contributed by atoms with Gasteiger partial charge in [0, 0.05) is 0 Å². The van der Waals surface area contributed by atoms with Crippen LogP contribution in [0.2, 0.25) is 0 Å². The fourth-order valence-electron chi connectivity index (χ4n) is 0.983. The number of aryl methyl sites for hydroxylation is 1. The SMILES string of the molecule is Cc1cc(C#N)cc(OC(F)F)c1. The van der Waals surface area contributed by atoms with Crippen LogP contribution in [-0.2, 0) is 0 Å². The second-order valence-electron chi connectivity index (χ2n) is 2.53. The highest BCUT2D eigenvalue weighted by molar-refractivity contribution is 5.40. The minimum atomic E-state index is -2.85. The molecule has 0 amide bonds. The van der Waals surface area contributed by atoms with E-state index in [4.69, 9.17) is 5.26 Å². The van der Waals surface area contributed by atoms with Crippen molar-refractivity contribution in [3.63, 3.8) is 0 Å². The van der Waals surface area contributed by atoms with Gasteiger partial charge in [0.15, 0.2) is 0 Å². The van der Waals surface area contributed by atoms with Crippen LogP contribution in [0, 0.1) is 18.3 Å². The average molecular weight is 183 g/mol. The van der Waals surface area contributed by atoms with Gasteiger partial charge in [0.2, 0.25) is 0 Å². The van der Waals surface area contributed by atoms with Gasteiger partial charge in [0.1, 0.15) is 5.75 Å². The Hall–Kier alpha value is -1.63. The summed E-state index contributed by atoms with van der Waals surface area (Å²) in [5.41, 5.74) is 1.03. The summed E-state index contributed by atoms with van der Waals surface area (Å²) in [5.74, 6) is 0.0200. The van der Waals surface area contributed by atoms with Crippen LogP contribution in [-0.4, -0.2) is 6.61 Å². The van der Waals surface area contributed by atoms with Crippen LogP contribution in [0.15, 0.2) is 18.2 Å². The molecule has 0 heterocycles. The number of hydrogen-bond donors (Lipinski definition) is 0. The zero-order chi connectivity index (χ0) is 9.84. The van der Waals surface area contributed by atoms with Crippen LogP contribution in [0.25, 0.3) is 0 Å². The number of alkyl halides is 2. The summed E-state index contributed by atoms with van der Waals surface area (Å²) in [4.78, 5) is 0. The molecule has 2 nitrogen and oxygen atoms in total. The maximum atomic E-state index is 11.8. The van der Waals surface area contributed by atoms with Crippen LogP contribution >= 0.6 is 0 Å². The summed E-state index contributed by atoms with van der Waals surface area (Å²) >= 11 is 0. The molecule has 0 radical (unpaired) electrons. The molecule has 1 aromatic carbocycles. The van der Waals surface area contributed by atoms with Gasteiger partial charge in [0.05, 0.1) is 11.6 Å². The predicted octanol–water partition coefficient (Wildman–Crippen LogP) is 2.47. The summed E-state index contributed by atoms with van der Waals surface area (Å²) < 4.78 is 27.7. The Kier molecular flexibility index (Phi) is 2.80. The van der Waals surface area contributed by atoms with Crippen molar-refractivity contribution < 1.29 is 13.5 Å². The Morgan fingerprint density at radius 1 is 1.38 bits per heavy atom. The smallest absolute Gasteiger partial charge is 0.387 e. The Labute approximate surface area is 74.4 Å². The Morgan fingerprint density at radius 3 is 2.62 bits per heavy atom. The first-order valence-electron chi connectivity index (χ1n) is 3.58. The van der Waals surface area contributed by atoms with Crippen molar-refractivity contribution in [1.82, 2.24) is 0 Å². The van der Waals surface area contributed by atoms with Crippen LogP contribution in [0.1, 0.15) is 11.1 Å². The standard InChI is InChI=1S/C9H7F2NO/c1-6-2-7(5-12)4-8(3-6)13-9(10)11/h2-4,9H,1H3. The van der Waals surface area contributed by atoms with E-state index in [1.165, 1.54) is 12.1 Å². The van der Waals surface area contributed by atoms with E-state index in [0.717, 1.165) is 5.56 Å². The molecule has 0 N–H and O–H groups in total. The summed E-state index contributed by atoms with van der Waals surface area (Å²) in [6.07, 6.45) is 0. The fraction of sp³-hybridized carbons (Fsp3) is 0.222. The molecular weight excluding hydrogens is 176 g/mol. The summed E-state index contributed by atoms with van der Waals surface area (Å²) in [7, 11) is 0. The number of ether oxygens (including phenoxy) is 1. The molecule has 0 saturated heterocycles. The van der Waals surface area contributed by atoms with Gasteiger partial charge in [-0.1, -0.05) is 0 Å². The van der Waals surface area contributed by atoms with Crippen LogP contribution < -0.4 is 4.74 Å². The molecule has 0 fully saturated rings.